The number of nitrogens with zero attached hydrogens (tertiary/aromatic N) is 5. The third-order valence-electron chi connectivity index (χ3n) is 7.23. The van der Waals surface area contributed by atoms with E-state index in [2.05, 4.69) is 45.8 Å². The van der Waals surface area contributed by atoms with E-state index >= 15 is 0 Å². The number of anilines is 1. The van der Waals surface area contributed by atoms with E-state index in [0.717, 1.165) is 28.0 Å². The summed E-state index contributed by atoms with van der Waals surface area (Å²) in [5.74, 6) is 1.14. The molecular formula is C32H34N6O4. The maximum atomic E-state index is 12.5. The van der Waals surface area contributed by atoms with E-state index in [1.54, 1.807) is 0 Å². The van der Waals surface area contributed by atoms with Crippen LogP contribution in [0.4, 0.5) is 5.95 Å². The summed E-state index contributed by atoms with van der Waals surface area (Å²) in [6.45, 7) is 9.14. The lowest BCUT2D eigenvalue weighted by molar-refractivity contribution is 0.101. The molecule has 10 heteroatoms. The van der Waals surface area contributed by atoms with Gasteiger partial charge in [-0.1, -0.05) is 91.7 Å². The molecule has 1 N–H and O–H groups in total. The zero-order valence-electron chi connectivity index (χ0n) is 24.2. The van der Waals surface area contributed by atoms with Crippen LogP contribution in [0.1, 0.15) is 72.8 Å². The number of tetrazole rings is 1. The lowest BCUT2D eigenvalue weighted by Crippen LogP contribution is -2.34. The van der Waals surface area contributed by atoms with Crippen LogP contribution < -0.4 is 14.8 Å². The van der Waals surface area contributed by atoms with E-state index in [-0.39, 0.29) is 17.6 Å². The van der Waals surface area contributed by atoms with Crippen molar-refractivity contribution in [1.29, 1.82) is 0 Å². The molecular weight excluding hydrogens is 532 g/mol. The van der Waals surface area contributed by atoms with Crippen LogP contribution in [0.15, 0.2) is 89.6 Å². The Kier molecular flexibility index (Phi) is 8.61. The number of carbonyl (C=O) groups excluding carboxylic acids is 1. The number of carbonyl (C=O) groups is 1. The molecule has 0 saturated heterocycles. The van der Waals surface area contributed by atoms with Gasteiger partial charge in [0.05, 0.1) is 0 Å². The van der Waals surface area contributed by atoms with E-state index in [0.29, 0.717) is 25.4 Å². The van der Waals surface area contributed by atoms with Gasteiger partial charge < -0.3 is 14.0 Å². The first kappa shape index (κ1) is 28.5. The number of ether oxygens (including phenoxy) is 2. The third-order valence-corrected chi connectivity index (χ3v) is 7.23. The second-order valence-electron chi connectivity index (χ2n) is 10.5. The molecule has 5 aromatic rings. The Morgan fingerprint density at radius 2 is 1.60 bits per heavy atom. The summed E-state index contributed by atoms with van der Waals surface area (Å²) in [4.78, 5) is 14.0. The molecule has 0 aliphatic carbocycles. The minimum Gasteiger partial charge on any atom is -0.488 e. The van der Waals surface area contributed by atoms with E-state index < -0.39 is 11.4 Å². The molecule has 216 valence electrons. The first-order chi connectivity index (χ1) is 20.4. The second-order valence-corrected chi connectivity index (χ2v) is 10.5. The lowest BCUT2D eigenvalue weighted by atomic mass is 9.86. The molecule has 0 spiro atoms. The van der Waals surface area contributed by atoms with Gasteiger partial charge in [-0.05, 0) is 47.2 Å². The van der Waals surface area contributed by atoms with Gasteiger partial charge in [-0.3, -0.25) is 10.1 Å². The fourth-order valence-corrected chi connectivity index (χ4v) is 4.57. The summed E-state index contributed by atoms with van der Waals surface area (Å²) < 4.78 is 17.6. The summed E-state index contributed by atoms with van der Waals surface area (Å²) in [6, 6.07) is 25.6. The molecule has 1 atom stereocenters. The number of hydrogen-bond donors (Lipinski definition) is 1. The third kappa shape index (κ3) is 6.33. The van der Waals surface area contributed by atoms with Crippen molar-refractivity contribution >= 4 is 11.9 Å². The molecule has 0 fully saturated rings. The van der Waals surface area contributed by atoms with Gasteiger partial charge in [0, 0.05) is 17.7 Å². The highest BCUT2D eigenvalue weighted by Crippen LogP contribution is 2.42. The maximum Gasteiger partial charge on any atom is 0.280 e. The zero-order chi connectivity index (χ0) is 29.5. The van der Waals surface area contributed by atoms with Crippen molar-refractivity contribution in [3.8, 4) is 11.5 Å². The van der Waals surface area contributed by atoms with Gasteiger partial charge in [0.15, 0.2) is 5.69 Å². The Hall–Kier alpha value is -4.99. The summed E-state index contributed by atoms with van der Waals surface area (Å²) >= 11 is 0. The van der Waals surface area contributed by atoms with E-state index in [4.69, 9.17) is 14.0 Å². The molecule has 0 aliphatic heterocycles. The lowest BCUT2D eigenvalue weighted by Gasteiger charge is -2.31. The highest BCUT2D eigenvalue weighted by molar-refractivity contribution is 6.01. The molecule has 42 heavy (non-hydrogen) atoms. The van der Waals surface area contributed by atoms with E-state index in [1.807, 2.05) is 80.6 Å². The van der Waals surface area contributed by atoms with Crippen LogP contribution in [-0.2, 0) is 18.8 Å². The Bertz CT molecular complexity index is 1600. The molecule has 1 unspecified atom stereocenters. The molecule has 5 rings (SSSR count). The summed E-state index contributed by atoms with van der Waals surface area (Å²) in [5.41, 5.74) is 3.38. The zero-order valence-corrected chi connectivity index (χ0v) is 24.2. The highest BCUT2D eigenvalue weighted by atomic mass is 16.5. The number of amides is 1. The standard InChI is InChI=1S/C32H34N6O4/c1-5-32(4,38-35-31(34-37-38)33-30(39)27-16-17-42-36-27)26-18-25(22(2)3)28(40-20-23-12-8-6-9-13-23)19-29(26)41-21-24-14-10-7-11-15-24/h6-19,22H,5,20-21H2,1-4H3,(H,33,35,39). The fraction of sp³-hybridized carbons (Fsp3) is 0.281. The first-order valence-electron chi connectivity index (χ1n) is 13.9. The molecule has 1 amide bonds. The minimum atomic E-state index is -0.766. The predicted molar refractivity (Wildman–Crippen MR) is 157 cm³/mol. The Labute approximate surface area is 244 Å². The van der Waals surface area contributed by atoms with E-state index in [1.165, 1.54) is 17.1 Å². The molecule has 10 nitrogen and oxygen atoms in total. The van der Waals surface area contributed by atoms with Crippen LogP contribution in [0.3, 0.4) is 0 Å². The largest absolute Gasteiger partial charge is 0.488 e. The molecule has 0 bridgehead atoms. The van der Waals surface area contributed by atoms with Crippen molar-refractivity contribution in [1.82, 2.24) is 25.4 Å². The van der Waals surface area contributed by atoms with Crippen molar-refractivity contribution in [3.05, 3.63) is 113 Å². The van der Waals surface area contributed by atoms with Crippen molar-refractivity contribution in [2.75, 3.05) is 5.32 Å². The second kappa shape index (κ2) is 12.7. The number of hydrogen-bond acceptors (Lipinski definition) is 8. The quantitative estimate of drug-likeness (QED) is 0.185. The molecule has 0 radical (unpaired) electrons. The normalized spacial score (nSPS) is 12.6. The summed E-state index contributed by atoms with van der Waals surface area (Å²) in [5, 5.41) is 19.2. The minimum absolute atomic E-state index is 0.0568. The van der Waals surface area contributed by atoms with Crippen LogP contribution >= 0.6 is 0 Å². The van der Waals surface area contributed by atoms with Gasteiger partial charge in [-0.25, -0.2) is 0 Å². The Morgan fingerprint density at radius 1 is 0.952 bits per heavy atom. The molecule has 2 aromatic heterocycles. The topological polar surface area (TPSA) is 117 Å². The summed E-state index contributed by atoms with van der Waals surface area (Å²) in [7, 11) is 0. The van der Waals surface area contributed by atoms with Gasteiger partial charge in [-0.15, -0.1) is 5.10 Å². The van der Waals surface area contributed by atoms with Gasteiger partial charge in [-0.2, -0.15) is 4.80 Å². The van der Waals surface area contributed by atoms with Crippen LogP contribution in [-0.4, -0.2) is 31.3 Å². The molecule has 3 aromatic carbocycles. The van der Waals surface area contributed by atoms with Crippen LogP contribution in [0, 0.1) is 0 Å². The SMILES string of the molecule is CCC(C)(c1cc(C(C)C)c(OCc2ccccc2)cc1OCc1ccccc1)n1nnc(NC(=O)c2ccon2)n1. The van der Waals surface area contributed by atoms with Crippen molar-refractivity contribution < 1.29 is 18.8 Å². The monoisotopic (exact) mass is 566 g/mol. The highest BCUT2D eigenvalue weighted by Gasteiger charge is 2.35. The number of benzene rings is 3. The van der Waals surface area contributed by atoms with Gasteiger partial charge in [0.1, 0.15) is 36.5 Å². The van der Waals surface area contributed by atoms with Crippen LogP contribution in [0.5, 0.6) is 11.5 Å². The Balaban J connectivity index is 1.52. The summed E-state index contributed by atoms with van der Waals surface area (Å²) in [6.07, 6.45) is 1.94. The Morgan fingerprint density at radius 3 is 2.17 bits per heavy atom. The average molecular weight is 567 g/mol. The van der Waals surface area contributed by atoms with Crippen LogP contribution in [0.25, 0.3) is 0 Å². The van der Waals surface area contributed by atoms with Gasteiger partial charge >= 0.3 is 0 Å². The van der Waals surface area contributed by atoms with Gasteiger partial charge in [0.25, 0.3) is 11.9 Å². The smallest absolute Gasteiger partial charge is 0.280 e. The van der Waals surface area contributed by atoms with E-state index in [9.17, 15) is 4.79 Å². The fourth-order valence-electron chi connectivity index (χ4n) is 4.57. The molecule has 2 heterocycles. The average Bonchev–Trinajstić information content (AvgIpc) is 3.73. The number of nitrogens with one attached hydrogen (secondary N) is 1. The van der Waals surface area contributed by atoms with Crippen molar-refractivity contribution in [2.24, 2.45) is 0 Å². The van der Waals surface area contributed by atoms with Gasteiger partial charge in [0.2, 0.25) is 0 Å². The van der Waals surface area contributed by atoms with Crippen molar-refractivity contribution in [2.45, 2.75) is 58.8 Å². The molecule has 0 aliphatic rings. The maximum absolute atomic E-state index is 12.5. The van der Waals surface area contributed by atoms with Crippen LogP contribution in [0.2, 0.25) is 0 Å². The number of aromatic nitrogens is 5. The predicted octanol–water partition coefficient (Wildman–Crippen LogP) is 6.37. The first-order valence-corrected chi connectivity index (χ1v) is 13.9. The number of rotatable bonds is 12. The van der Waals surface area contributed by atoms with Crippen molar-refractivity contribution in [3.63, 3.8) is 0 Å². The molecule has 0 saturated carbocycles.